The summed E-state index contributed by atoms with van der Waals surface area (Å²) < 4.78 is 0. The molecule has 0 heterocycles. The zero-order valence-corrected chi connectivity index (χ0v) is 4.64. The molecule has 0 rings (SSSR count). The van der Waals surface area contributed by atoms with E-state index in [2.05, 4.69) is 11.1 Å². The maximum Gasteiger partial charge on any atom is 0.314 e. The van der Waals surface area contributed by atoms with Crippen LogP contribution in [0.15, 0.2) is 0 Å². The van der Waals surface area contributed by atoms with Crippen molar-refractivity contribution in [3.05, 3.63) is 0 Å². The second-order valence-electron chi connectivity index (χ2n) is 1.77. The van der Waals surface area contributed by atoms with Crippen molar-refractivity contribution in [3.8, 4) is 0 Å². The molecule has 0 aliphatic heterocycles. The summed E-state index contributed by atoms with van der Waals surface area (Å²) in [4.78, 5) is 9.97. The molecule has 0 aromatic carbocycles. The van der Waals surface area contributed by atoms with Crippen LogP contribution in [-0.2, 0) is 0 Å². The van der Waals surface area contributed by atoms with Gasteiger partial charge in [0.2, 0.25) is 0 Å². The molecule has 0 bridgehead atoms. The Kier molecular flexibility index (Phi) is 1.77. The average Bonchev–Trinajstić information content (AvgIpc) is 1.21. The van der Waals surface area contributed by atoms with Gasteiger partial charge in [0, 0.05) is 0 Å². The third-order valence-electron chi connectivity index (χ3n) is 0.393. The van der Waals surface area contributed by atoms with E-state index in [0.29, 0.717) is 0 Å². The van der Waals surface area contributed by atoms with Crippen LogP contribution in [0, 0.1) is 0 Å². The minimum absolute atomic E-state index is 0.725. The van der Waals surface area contributed by atoms with Gasteiger partial charge in [0.25, 0.3) is 0 Å². The van der Waals surface area contributed by atoms with Crippen LogP contribution >= 0.6 is 0 Å². The smallest absolute Gasteiger partial charge is 0.314 e. The largest absolute Gasteiger partial charge is 0.352 e. The Morgan fingerprint density at radius 1 is 1.62 bits per heavy atom. The van der Waals surface area contributed by atoms with Crippen LogP contribution in [0.25, 0.3) is 0 Å². The van der Waals surface area contributed by atoms with Gasteiger partial charge in [0.1, 0.15) is 5.79 Å². The molecule has 0 spiro atoms. The number of nitrogens with two attached hydrogens (primary N) is 3. The summed E-state index contributed by atoms with van der Waals surface area (Å²) in [7, 11) is 0. The van der Waals surface area contributed by atoms with Crippen LogP contribution in [-0.4, -0.2) is 11.8 Å². The normalized spacial score (nSPS) is 10.9. The number of amides is 2. The van der Waals surface area contributed by atoms with Gasteiger partial charge in [0.05, 0.1) is 0 Å². The fourth-order valence-electron chi connectivity index (χ4n) is 0.265. The molecule has 0 atom stereocenters. The molecule has 2 amide bonds. The van der Waals surface area contributed by atoms with Crippen molar-refractivity contribution in [2.45, 2.75) is 12.7 Å². The summed E-state index contributed by atoms with van der Waals surface area (Å²) in [5.74, 6) is -1.20. The standard InChI is InChI=1S/C3H10N4O/c1-3(5,6)7-2(4)8/h5-6H2,1H3,(H3,4,7,8). The molecule has 0 aliphatic carbocycles. The highest BCUT2D eigenvalue weighted by atomic mass is 16.2. The van der Waals surface area contributed by atoms with Gasteiger partial charge in [-0.3, -0.25) is 11.5 Å². The zero-order chi connectivity index (χ0) is 6.78. The van der Waals surface area contributed by atoms with E-state index in [1.807, 2.05) is 0 Å². The summed E-state index contributed by atoms with van der Waals surface area (Å²) in [5.41, 5.74) is 14.9. The molecular weight excluding hydrogens is 108 g/mol. The number of hydrogen-bond donors (Lipinski definition) is 4. The predicted molar refractivity (Wildman–Crippen MR) is 29.5 cm³/mol. The molecule has 0 aromatic rings. The van der Waals surface area contributed by atoms with Crippen LogP contribution in [0.4, 0.5) is 4.79 Å². The lowest BCUT2D eigenvalue weighted by molar-refractivity contribution is 0.237. The van der Waals surface area contributed by atoms with Crippen molar-refractivity contribution in [2.75, 3.05) is 0 Å². The fourth-order valence-corrected chi connectivity index (χ4v) is 0.265. The second-order valence-corrected chi connectivity index (χ2v) is 1.77. The molecule has 0 aromatic heterocycles. The first kappa shape index (κ1) is 7.19. The Labute approximate surface area is 47.2 Å². The number of urea groups is 1. The molecule has 0 unspecified atom stereocenters. The summed E-state index contributed by atoms with van der Waals surface area (Å²) in [6.07, 6.45) is 0. The van der Waals surface area contributed by atoms with E-state index >= 15 is 0 Å². The van der Waals surface area contributed by atoms with Crippen molar-refractivity contribution in [3.63, 3.8) is 0 Å². The van der Waals surface area contributed by atoms with Crippen molar-refractivity contribution >= 4 is 6.03 Å². The second kappa shape index (κ2) is 1.97. The summed E-state index contributed by atoms with van der Waals surface area (Å²) in [5, 5.41) is 2.08. The van der Waals surface area contributed by atoms with E-state index < -0.39 is 11.8 Å². The molecule has 7 N–H and O–H groups in total. The fraction of sp³-hybridized carbons (Fsp3) is 0.667. The topological polar surface area (TPSA) is 107 Å². The lowest BCUT2D eigenvalue weighted by atomic mass is 10.4. The van der Waals surface area contributed by atoms with Gasteiger partial charge in [-0.15, -0.1) is 0 Å². The van der Waals surface area contributed by atoms with E-state index in [-0.39, 0.29) is 0 Å². The van der Waals surface area contributed by atoms with Gasteiger partial charge in [-0.2, -0.15) is 0 Å². The third kappa shape index (κ3) is 5.19. The number of hydrogen-bond acceptors (Lipinski definition) is 3. The van der Waals surface area contributed by atoms with E-state index in [1.165, 1.54) is 6.92 Å². The summed E-state index contributed by atoms with van der Waals surface area (Å²) in [6, 6.07) is -0.725. The number of primary amides is 1. The molecule has 48 valence electrons. The molecule has 0 saturated carbocycles. The van der Waals surface area contributed by atoms with Gasteiger partial charge in [0.15, 0.2) is 0 Å². The molecule has 0 fully saturated rings. The van der Waals surface area contributed by atoms with Crippen molar-refractivity contribution in [1.82, 2.24) is 5.32 Å². The van der Waals surface area contributed by atoms with Crippen molar-refractivity contribution in [2.24, 2.45) is 17.2 Å². The van der Waals surface area contributed by atoms with E-state index in [0.717, 1.165) is 0 Å². The number of carbonyl (C=O) groups excluding carboxylic acids is 1. The monoisotopic (exact) mass is 118 g/mol. The van der Waals surface area contributed by atoms with Gasteiger partial charge in [-0.25, -0.2) is 4.79 Å². The lowest BCUT2D eigenvalue weighted by Crippen LogP contribution is -2.61. The Bertz CT molecular complexity index is 93.9. The Morgan fingerprint density at radius 3 is 2.00 bits per heavy atom. The van der Waals surface area contributed by atoms with Gasteiger partial charge >= 0.3 is 6.03 Å². The van der Waals surface area contributed by atoms with Crippen LogP contribution in [0.5, 0.6) is 0 Å². The maximum absolute atomic E-state index is 9.97. The van der Waals surface area contributed by atoms with E-state index in [4.69, 9.17) is 11.5 Å². The van der Waals surface area contributed by atoms with E-state index in [1.54, 1.807) is 0 Å². The van der Waals surface area contributed by atoms with Crippen molar-refractivity contribution in [1.29, 1.82) is 0 Å². The molecule has 0 aliphatic rings. The SMILES string of the molecule is CC(N)(N)NC(N)=O. The van der Waals surface area contributed by atoms with Gasteiger partial charge < -0.3 is 11.1 Å². The van der Waals surface area contributed by atoms with Crippen LogP contribution in [0.3, 0.4) is 0 Å². The highest BCUT2D eigenvalue weighted by molar-refractivity contribution is 5.72. The first-order chi connectivity index (χ1) is 3.42. The van der Waals surface area contributed by atoms with Crippen molar-refractivity contribution < 1.29 is 4.79 Å². The lowest BCUT2D eigenvalue weighted by Gasteiger charge is -2.17. The highest BCUT2D eigenvalue weighted by Gasteiger charge is 2.10. The Balaban J connectivity index is 3.55. The number of nitrogens with one attached hydrogen (secondary N) is 1. The first-order valence-electron chi connectivity index (χ1n) is 2.07. The Morgan fingerprint density at radius 2 is 2.00 bits per heavy atom. The maximum atomic E-state index is 9.97. The minimum Gasteiger partial charge on any atom is -0.352 e. The summed E-state index contributed by atoms with van der Waals surface area (Å²) >= 11 is 0. The van der Waals surface area contributed by atoms with Crippen LogP contribution < -0.4 is 22.5 Å². The quantitative estimate of drug-likeness (QED) is 0.306. The van der Waals surface area contributed by atoms with Crippen LogP contribution in [0.2, 0.25) is 0 Å². The molecule has 8 heavy (non-hydrogen) atoms. The number of rotatable bonds is 1. The molecule has 5 nitrogen and oxygen atoms in total. The highest BCUT2D eigenvalue weighted by Crippen LogP contribution is 1.75. The molecular formula is C3H10N4O. The average molecular weight is 118 g/mol. The zero-order valence-electron chi connectivity index (χ0n) is 4.64. The minimum atomic E-state index is -1.20. The van der Waals surface area contributed by atoms with Gasteiger partial charge in [-0.05, 0) is 6.92 Å². The Hall–Kier alpha value is -0.810. The molecule has 5 heteroatoms. The predicted octanol–water partition coefficient (Wildman–Crippen LogP) is -1.75. The van der Waals surface area contributed by atoms with E-state index in [9.17, 15) is 4.79 Å². The molecule has 0 radical (unpaired) electrons. The number of carbonyl (C=O) groups is 1. The first-order valence-corrected chi connectivity index (χ1v) is 2.07. The third-order valence-corrected chi connectivity index (χ3v) is 0.393. The van der Waals surface area contributed by atoms with Crippen LogP contribution in [0.1, 0.15) is 6.92 Å². The molecule has 0 saturated heterocycles. The van der Waals surface area contributed by atoms with Gasteiger partial charge in [-0.1, -0.05) is 0 Å². The summed E-state index contributed by atoms with van der Waals surface area (Å²) in [6.45, 7) is 1.43.